The molecule has 2 rings (SSSR count). The van der Waals surface area contributed by atoms with Crippen LogP contribution in [0.5, 0.6) is 0 Å². The molecule has 0 aliphatic carbocycles. The Kier molecular flexibility index (Phi) is 5.18. The first-order valence-electron chi connectivity index (χ1n) is 6.50. The van der Waals surface area contributed by atoms with Crippen LogP contribution in [-0.2, 0) is 6.42 Å². The molecule has 0 unspecified atom stereocenters. The number of carbonyl (C=O) groups excluding carboxylic acids is 1. The van der Waals surface area contributed by atoms with Gasteiger partial charge in [-0.25, -0.2) is 4.79 Å². The molecule has 2 amide bonds. The highest BCUT2D eigenvalue weighted by Crippen LogP contribution is 2.19. The van der Waals surface area contributed by atoms with Crippen LogP contribution in [-0.4, -0.2) is 12.6 Å². The fourth-order valence-electron chi connectivity index (χ4n) is 1.90. The maximum Gasteiger partial charge on any atom is 0.319 e. The second kappa shape index (κ2) is 7.10. The van der Waals surface area contributed by atoms with E-state index >= 15 is 0 Å². The summed E-state index contributed by atoms with van der Waals surface area (Å²) in [5, 5.41) is 5.71. The van der Waals surface area contributed by atoms with E-state index in [0.29, 0.717) is 6.54 Å². The molecule has 0 bridgehead atoms. The summed E-state index contributed by atoms with van der Waals surface area (Å²) < 4.78 is 1.00. The van der Waals surface area contributed by atoms with Crippen LogP contribution in [0.15, 0.2) is 53.0 Å². The van der Waals surface area contributed by atoms with Crippen molar-refractivity contribution >= 4 is 27.6 Å². The number of halogens is 1. The monoisotopic (exact) mass is 332 g/mol. The van der Waals surface area contributed by atoms with Crippen LogP contribution in [0.25, 0.3) is 0 Å². The highest BCUT2D eigenvalue weighted by molar-refractivity contribution is 9.10. The summed E-state index contributed by atoms with van der Waals surface area (Å²) in [7, 11) is 0. The van der Waals surface area contributed by atoms with E-state index in [1.54, 1.807) is 0 Å². The van der Waals surface area contributed by atoms with Crippen molar-refractivity contribution in [3.8, 4) is 0 Å². The van der Waals surface area contributed by atoms with E-state index in [4.69, 9.17) is 0 Å². The van der Waals surface area contributed by atoms with Gasteiger partial charge in [-0.2, -0.15) is 0 Å². The third-order valence-electron chi connectivity index (χ3n) is 2.98. The van der Waals surface area contributed by atoms with Crippen molar-refractivity contribution in [2.75, 3.05) is 11.9 Å². The Hall–Kier alpha value is -1.81. The Morgan fingerprint density at radius 3 is 2.60 bits per heavy atom. The van der Waals surface area contributed by atoms with Crippen molar-refractivity contribution in [2.45, 2.75) is 13.3 Å². The Bertz CT molecular complexity index is 584. The van der Waals surface area contributed by atoms with Crippen LogP contribution in [0.1, 0.15) is 11.1 Å². The number of hydrogen-bond donors (Lipinski definition) is 2. The average molecular weight is 333 g/mol. The summed E-state index contributed by atoms with van der Waals surface area (Å²) >= 11 is 3.40. The largest absolute Gasteiger partial charge is 0.338 e. The van der Waals surface area contributed by atoms with E-state index in [1.165, 1.54) is 5.56 Å². The van der Waals surface area contributed by atoms with Gasteiger partial charge in [-0.15, -0.1) is 0 Å². The zero-order valence-corrected chi connectivity index (χ0v) is 12.9. The van der Waals surface area contributed by atoms with Gasteiger partial charge in [0.1, 0.15) is 0 Å². The number of rotatable bonds is 4. The Balaban J connectivity index is 1.81. The molecular formula is C16H17BrN2O. The molecule has 2 aromatic carbocycles. The lowest BCUT2D eigenvalue weighted by Gasteiger charge is -2.10. The van der Waals surface area contributed by atoms with Crippen LogP contribution in [0.3, 0.4) is 0 Å². The molecule has 0 heterocycles. The fourth-order valence-corrected chi connectivity index (χ4v) is 2.37. The fraction of sp³-hybridized carbons (Fsp3) is 0.188. The zero-order chi connectivity index (χ0) is 14.4. The van der Waals surface area contributed by atoms with Crippen molar-refractivity contribution in [3.05, 3.63) is 64.1 Å². The molecule has 0 saturated carbocycles. The zero-order valence-electron chi connectivity index (χ0n) is 11.3. The van der Waals surface area contributed by atoms with Crippen molar-refractivity contribution < 1.29 is 4.79 Å². The summed E-state index contributed by atoms with van der Waals surface area (Å²) in [6.45, 7) is 2.58. The molecule has 0 saturated heterocycles. The van der Waals surface area contributed by atoms with Crippen molar-refractivity contribution in [1.29, 1.82) is 0 Å². The second-order valence-electron chi connectivity index (χ2n) is 4.58. The summed E-state index contributed by atoms with van der Waals surface area (Å²) in [6, 6.07) is 15.7. The predicted molar refractivity (Wildman–Crippen MR) is 86.0 cm³/mol. The number of nitrogens with one attached hydrogen (secondary N) is 2. The molecule has 3 nitrogen and oxygen atoms in total. The number of hydrogen-bond acceptors (Lipinski definition) is 1. The number of aryl methyl sites for hydroxylation is 1. The molecular weight excluding hydrogens is 316 g/mol. The molecule has 0 radical (unpaired) electrons. The van der Waals surface area contributed by atoms with Crippen LogP contribution in [0, 0.1) is 6.92 Å². The highest BCUT2D eigenvalue weighted by Gasteiger charge is 2.04. The Morgan fingerprint density at radius 1 is 1.15 bits per heavy atom. The minimum atomic E-state index is -0.175. The standard InChI is InChI=1S/C16H17BrN2O/c1-12-11-14(17)7-8-15(12)19-16(20)18-10-9-13-5-3-2-4-6-13/h2-8,11H,9-10H2,1H3,(H2,18,19,20). The molecule has 2 aromatic rings. The number of benzene rings is 2. The molecule has 0 aromatic heterocycles. The minimum Gasteiger partial charge on any atom is -0.338 e. The lowest BCUT2D eigenvalue weighted by molar-refractivity contribution is 0.252. The number of amides is 2. The predicted octanol–water partition coefficient (Wildman–Crippen LogP) is 4.12. The van der Waals surface area contributed by atoms with E-state index in [2.05, 4.69) is 38.7 Å². The number of urea groups is 1. The normalized spacial score (nSPS) is 10.1. The maximum atomic E-state index is 11.8. The van der Waals surface area contributed by atoms with E-state index in [0.717, 1.165) is 22.1 Å². The molecule has 20 heavy (non-hydrogen) atoms. The summed E-state index contributed by atoms with van der Waals surface area (Å²) in [6.07, 6.45) is 0.827. The Labute approximate surface area is 127 Å². The van der Waals surface area contributed by atoms with E-state index in [9.17, 15) is 4.79 Å². The van der Waals surface area contributed by atoms with E-state index in [1.807, 2.05) is 43.3 Å². The van der Waals surface area contributed by atoms with Crippen molar-refractivity contribution in [3.63, 3.8) is 0 Å². The first kappa shape index (κ1) is 14.6. The SMILES string of the molecule is Cc1cc(Br)ccc1NC(=O)NCCc1ccccc1. The molecule has 0 spiro atoms. The average Bonchev–Trinajstić information content (AvgIpc) is 2.43. The van der Waals surface area contributed by atoms with Gasteiger partial charge in [0.15, 0.2) is 0 Å². The van der Waals surface area contributed by atoms with Gasteiger partial charge in [0.25, 0.3) is 0 Å². The lowest BCUT2D eigenvalue weighted by atomic mass is 10.1. The molecule has 0 aliphatic rings. The first-order valence-corrected chi connectivity index (χ1v) is 7.29. The van der Waals surface area contributed by atoms with Gasteiger partial charge in [0, 0.05) is 16.7 Å². The van der Waals surface area contributed by atoms with Gasteiger partial charge < -0.3 is 10.6 Å². The molecule has 0 atom stereocenters. The van der Waals surface area contributed by atoms with Gasteiger partial charge >= 0.3 is 6.03 Å². The van der Waals surface area contributed by atoms with Crippen LogP contribution >= 0.6 is 15.9 Å². The molecule has 0 fully saturated rings. The van der Waals surface area contributed by atoms with Crippen molar-refractivity contribution in [2.24, 2.45) is 0 Å². The van der Waals surface area contributed by atoms with Gasteiger partial charge in [-0.3, -0.25) is 0 Å². The third kappa shape index (κ3) is 4.38. The quantitative estimate of drug-likeness (QED) is 0.868. The second-order valence-corrected chi connectivity index (χ2v) is 5.49. The van der Waals surface area contributed by atoms with E-state index in [-0.39, 0.29) is 6.03 Å². The van der Waals surface area contributed by atoms with Gasteiger partial charge in [0.05, 0.1) is 0 Å². The highest BCUT2D eigenvalue weighted by atomic mass is 79.9. The molecule has 104 valence electrons. The summed E-state index contributed by atoms with van der Waals surface area (Å²) in [4.78, 5) is 11.8. The van der Waals surface area contributed by atoms with Crippen LogP contribution in [0.2, 0.25) is 0 Å². The van der Waals surface area contributed by atoms with Crippen LogP contribution < -0.4 is 10.6 Å². The number of anilines is 1. The van der Waals surface area contributed by atoms with Crippen molar-refractivity contribution in [1.82, 2.24) is 5.32 Å². The van der Waals surface area contributed by atoms with E-state index < -0.39 is 0 Å². The Morgan fingerprint density at radius 2 is 1.90 bits per heavy atom. The first-order chi connectivity index (χ1) is 9.65. The smallest absolute Gasteiger partial charge is 0.319 e. The van der Waals surface area contributed by atoms with Crippen LogP contribution in [0.4, 0.5) is 10.5 Å². The molecule has 2 N–H and O–H groups in total. The summed E-state index contributed by atoms with van der Waals surface area (Å²) in [5.41, 5.74) is 3.07. The minimum absolute atomic E-state index is 0.175. The summed E-state index contributed by atoms with van der Waals surface area (Å²) in [5.74, 6) is 0. The van der Waals surface area contributed by atoms with Gasteiger partial charge in [-0.1, -0.05) is 46.3 Å². The number of carbonyl (C=O) groups is 1. The maximum absolute atomic E-state index is 11.8. The van der Waals surface area contributed by atoms with Gasteiger partial charge in [0.2, 0.25) is 0 Å². The lowest BCUT2D eigenvalue weighted by Crippen LogP contribution is -2.30. The third-order valence-corrected chi connectivity index (χ3v) is 3.47. The topological polar surface area (TPSA) is 41.1 Å². The molecule has 0 aliphatic heterocycles. The molecule has 4 heteroatoms. The van der Waals surface area contributed by atoms with Gasteiger partial charge in [-0.05, 0) is 42.7 Å².